The maximum atomic E-state index is 4.59. The highest BCUT2D eigenvalue weighted by Gasteiger charge is 2.39. The number of piperidine rings is 3. The average Bonchev–Trinajstić information content (AvgIpc) is 2.58. The van der Waals surface area contributed by atoms with Crippen molar-refractivity contribution >= 4 is 5.95 Å². The number of fused-ring (bicyclic) bond motifs is 3. The standard InChI is InChI=1S/C20H26N4/c1-13-8-14(2)10-17(9-13)18-11-21-20(22-12-18)23-19-15(3)24-6-4-16(19)5-7-24/h8-12,15-16,19H,4-7H2,1-3H3,(H,21,22,23)/t15-,19-/m1/s1. The van der Waals surface area contributed by atoms with E-state index in [1.165, 1.54) is 42.6 Å². The monoisotopic (exact) mass is 322 g/mol. The topological polar surface area (TPSA) is 41.1 Å². The van der Waals surface area contributed by atoms with Crippen LogP contribution >= 0.6 is 0 Å². The lowest BCUT2D eigenvalue weighted by molar-refractivity contribution is 0.0455. The number of hydrogen-bond donors (Lipinski definition) is 1. The highest BCUT2D eigenvalue weighted by molar-refractivity contribution is 5.63. The molecule has 0 spiro atoms. The minimum atomic E-state index is 0.472. The van der Waals surface area contributed by atoms with Crippen molar-refractivity contribution in [1.82, 2.24) is 14.9 Å². The molecule has 0 amide bonds. The van der Waals surface area contributed by atoms with Crippen molar-refractivity contribution in [1.29, 1.82) is 0 Å². The molecule has 3 aliphatic heterocycles. The molecular formula is C20H26N4. The van der Waals surface area contributed by atoms with E-state index < -0.39 is 0 Å². The number of anilines is 1. The molecule has 0 radical (unpaired) electrons. The molecule has 4 nitrogen and oxygen atoms in total. The van der Waals surface area contributed by atoms with Crippen molar-refractivity contribution < 1.29 is 0 Å². The van der Waals surface area contributed by atoms with E-state index in [9.17, 15) is 0 Å². The van der Waals surface area contributed by atoms with Gasteiger partial charge in [0.05, 0.1) is 0 Å². The molecular weight excluding hydrogens is 296 g/mol. The molecule has 3 fully saturated rings. The predicted molar refractivity (Wildman–Crippen MR) is 98.1 cm³/mol. The van der Waals surface area contributed by atoms with E-state index in [1.807, 2.05) is 12.4 Å². The Kier molecular flexibility index (Phi) is 4.01. The Labute approximate surface area is 144 Å². The number of rotatable bonds is 3. The number of hydrogen-bond acceptors (Lipinski definition) is 4. The van der Waals surface area contributed by atoms with E-state index in [-0.39, 0.29) is 0 Å². The van der Waals surface area contributed by atoms with Gasteiger partial charge < -0.3 is 5.32 Å². The first-order chi connectivity index (χ1) is 11.6. The lowest BCUT2D eigenvalue weighted by Gasteiger charge is -2.49. The summed E-state index contributed by atoms with van der Waals surface area (Å²) in [5.74, 6) is 1.52. The molecule has 4 heteroatoms. The van der Waals surface area contributed by atoms with Gasteiger partial charge in [0.25, 0.3) is 0 Å². The Balaban J connectivity index is 1.52. The summed E-state index contributed by atoms with van der Waals surface area (Å²) in [4.78, 5) is 11.8. The molecule has 2 bridgehead atoms. The fourth-order valence-corrected chi connectivity index (χ4v) is 4.39. The molecule has 1 aromatic heterocycles. The SMILES string of the molecule is Cc1cc(C)cc(-c2cnc(N[C@H]3C4CCN(CC4)[C@@H]3C)nc2)c1. The molecule has 0 unspecified atom stereocenters. The Morgan fingerprint density at radius 1 is 0.958 bits per heavy atom. The van der Waals surface area contributed by atoms with E-state index in [1.54, 1.807) is 0 Å². The number of benzene rings is 1. The zero-order valence-corrected chi connectivity index (χ0v) is 14.8. The van der Waals surface area contributed by atoms with Crippen LogP contribution in [0.5, 0.6) is 0 Å². The van der Waals surface area contributed by atoms with Crippen LogP contribution in [0.2, 0.25) is 0 Å². The molecule has 24 heavy (non-hydrogen) atoms. The third-order valence-electron chi connectivity index (χ3n) is 5.68. The van der Waals surface area contributed by atoms with Gasteiger partial charge in [0, 0.05) is 30.0 Å². The van der Waals surface area contributed by atoms with E-state index in [0.717, 1.165) is 17.4 Å². The first-order valence-electron chi connectivity index (χ1n) is 9.01. The lowest BCUT2D eigenvalue weighted by atomic mass is 9.79. The summed E-state index contributed by atoms with van der Waals surface area (Å²) >= 11 is 0. The fraction of sp³-hybridized carbons (Fsp3) is 0.500. The second kappa shape index (κ2) is 6.17. The number of aromatic nitrogens is 2. The lowest BCUT2D eigenvalue weighted by Crippen LogP contribution is -2.59. The third kappa shape index (κ3) is 2.91. The van der Waals surface area contributed by atoms with Gasteiger partial charge in [-0.2, -0.15) is 0 Å². The summed E-state index contributed by atoms with van der Waals surface area (Å²) in [6.07, 6.45) is 6.47. The molecule has 1 N–H and O–H groups in total. The Bertz CT molecular complexity index is 695. The Hall–Kier alpha value is -1.94. The highest BCUT2D eigenvalue weighted by Crippen LogP contribution is 2.33. The first kappa shape index (κ1) is 15.6. The van der Waals surface area contributed by atoms with Crippen LogP contribution in [-0.4, -0.2) is 40.0 Å². The van der Waals surface area contributed by atoms with Crippen molar-refractivity contribution in [2.45, 2.75) is 45.7 Å². The number of aryl methyl sites for hydroxylation is 2. The normalized spacial score (nSPS) is 28.8. The summed E-state index contributed by atoms with van der Waals surface area (Å²) in [5, 5.41) is 3.60. The van der Waals surface area contributed by atoms with Crippen molar-refractivity contribution in [2.24, 2.45) is 5.92 Å². The van der Waals surface area contributed by atoms with Gasteiger partial charge in [0.15, 0.2) is 0 Å². The Morgan fingerprint density at radius 3 is 2.17 bits per heavy atom. The van der Waals surface area contributed by atoms with Gasteiger partial charge in [-0.1, -0.05) is 29.3 Å². The summed E-state index contributed by atoms with van der Waals surface area (Å²) in [6.45, 7) is 9.07. The smallest absolute Gasteiger partial charge is 0.222 e. The van der Waals surface area contributed by atoms with E-state index in [2.05, 4.69) is 59.2 Å². The quantitative estimate of drug-likeness (QED) is 0.936. The van der Waals surface area contributed by atoms with Crippen molar-refractivity contribution in [3.05, 3.63) is 41.7 Å². The van der Waals surface area contributed by atoms with E-state index in [4.69, 9.17) is 0 Å². The van der Waals surface area contributed by atoms with Gasteiger partial charge in [-0.05, 0) is 58.2 Å². The van der Waals surface area contributed by atoms with Crippen molar-refractivity contribution in [3.8, 4) is 11.1 Å². The van der Waals surface area contributed by atoms with Crippen LogP contribution < -0.4 is 5.32 Å². The molecule has 0 aliphatic carbocycles. The van der Waals surface area contributed by atoms with Crippen molar-refractivity contribution in [2.75, 3.05) is 18.4 Å². The molecule has 1 aromatic carbocycles. The first-order valence-corrected chi connectivity index (χ1v) is 9.01. The predicted octanol–water partition coefficient (Wildman–Crippen LogP) is 3.66. The van der Waals surface area contributed by atoms with Gasteiger partial charge in [-0.15, -0.1) is 0 Å². The zero-order valence-electron chi connectivity index (χ0n) is 14.8. The summed E-state index contributed by atoms with van der Waals surface area (Å²) in [6, 6.07) is 7.61. The van der Waals surface area contributed by atoms with Crippen molar-refractivity contribution in [3.63, 3.8) is 0 Å². The van der Waals surface area contributed by atoms with Crippen LogP contribution in [0.1, 0.15) is 30.9 Å². The van der Waals surface area contributed by atoms with Gasteiger partial charge in [-0.3, -0.25) is 4.90 Å². The zero-order chi connectivity index (χ0) is 16.7. The molecule has 3 saturated heterocycles. The minimum Gasteiger partial charge on any atom is -0.350 e. The Morgan fingerprint density at radius 2 is 1.58 bits per heavy atom. The van der Waals surface area contributed by atoms with E-state index >= 15 is 0 Å². The number of nitrogens with one attached hydrogen (secondary N) is 1. The largest absolute Gasteiger partial charge is 0.350 e. The maximum absolute atomic E-state index is 4.59. The van der Waals surface area contributed by atoms with Crippen LogP contribution in [-0.2, 0) is 0 Å². The van der Waals surface area contributed by atoms with Gasteiger partial charge in [0.2, 0.25) is 5.95 Å². The number of nitrogens with zero attached hydrogens (tertiary/aromatic N) is 3. The summed E-state index contributed by atoms with van der Waals surface area (Å²) in [7, 11) is 0. The van der Waals surface area contributed by atoms with Crippen LogP contribution in [0.25, 0.3) is 11.1 Å². The van der Waals surface area contributed by atoms with Crippen LogP contribution in [0.4, 0.5) is 5.95 Å². The summed E-state index contributed by atoms with van der Waals surface area (Å²) < 4.78 is 0. The molecule has 0 saturated carbocycles. The third-order valence-corrected chi connectivity index (χ3v) is 5.68. The molecule has 5 rings (SSSR count). The van der Waals surface area contributed by atoms with Crippen LogP contribution in [0.3, 0.4) is 0 Å². The highest BCUT2D eigenvalue weighted by atomic mass is 15.2. The van der Waals surface area contributed by atoms with Gasteiger partial charge in [0.1, 0.15) is 0 Å². The molecule has 3 aliphatic rings. The summed E-state index contributed by atoms with van der Waals surface area (Å²) in [5.41, 5.74) is 4.81. The molecule has 126 valence electrons. The fourth-order valence-electron chi connectivity index (χ4n) is 4.39. The molecule has 2 atom stereocenters. The van der Waals surface area contributed by atoms with E-state index in [0.29, 0.717) is 12.1 Å². The van der Waals surface area contributed by atoms with Crippen LogP contribution in [0, 0.1) is 19.8 Å². The maximum Gasteiger partial charge on any atom is 0.222 e. The molecule has 2 aromatic rings. The second-order valence-corrected chi connectivity index (χ2v) is 7.46. The van der Waals surface area contributed by atoms with Gasteiger partial charge >= 0.3 is 0 Å². The van der Waals surface area contributed by atoms with Gasteiger partial charge in [-0.25, -0.2) is 9.97 Å². The minimum absolute atomic E-state index is 0.472. The average molecular weight is 322 g/mol. The molecule has 4 heterocycles. The van der Waals surface area contributed by atoms with Crippen LogP contribution in [0.15, 0.2) is 30.6 Å². The second-order valence-electron chi connectivity index (χ2n) is 7.46.